The number of thiol groups is 1. The molecular weight excluding hydrogens is 314 g/mol. The number of nitrogens with zero attached hydrogens (tertiary/aromatic N) is 2. The Morgan fingerprint density at radius 2 is 2.32 bits per heavy atom. The van der Waals surface area contributed by atoms with Crippen LogP contribution in [0, 0.1) is 23.7 Å². The number of nitrogens with one attached hydrogen (secondary N) is 1. The van der Waals surface area contributed by atoms with E-state index in [0.717, 1.165) is 40.1 Å². The van der Waals surface area contributed by atoms with Gasteiger partial charge in [-0.1, -0.05) is 11.3 Å². The first-order valence-corrected chi connectivity index (χ1v) is 8.00. The number of aromatic nitrogens is 1. The van der Waals surface area contributed by atoms with E-state index in [1.165, 1.54) is 17.6 Å². The van der Waals surface area contributed by atoms with Crippen LogP contribution in [-0.4, -0.2) is 11.2 Å². The third-order valence-corrected chi connectivity index (χ3v) is 5.12. The van der Waals surface area contributed by atoms with Crippen LogP contribution >= 0.6 is 24.0 Å². The maximum absolute atomic E-state index is 9.34. The van der Waals surface area contributed by atoms with Crippen molar-refractivity contribution in [1.29, 1.82) is 10.7 Å². The Morgan fingerprint density at radius 1 is 1.50 bits per heavy atom. The molecule has 0 saturated heterocycles. The lowest BCUT2D eigenvalue weighted by Gasteiger charge is -2.16. The Kier molecular flexibility index (Phi) is 4.01. The zero-order valence-corrected chi connectivity index (χ0v) is 13.6. The molecule has 110 valence electrons. The summed E-state index contributed by atoms with van der Waals surface area (Å²) in [5.74, 6) is 0.666. The summed E-state index contributed by atoms with van der Waals surface area (Å²) in [4.78, 5) is 5.59. The van der Waals surface area contributed by atoms with Crippen LogP contribution < -0.4 is 4.74 Å². The molecule has 2 aromatic rings. The van der Waals surface area contributed by atoms with E-state index in [1.54, 1.807) is 6.20 Å². The molecule has 3 rings (SSSR count). The predicted molar refractivity (Wildman–Crippen MR) is 91.1 cm³/mol. The Morgan fingerprint density at radius 3 is 3.00 bits per heavy atom. The largest absolute Gasteiger partial charge is 0.444 e. The molecule has 22 heavy (non-hydrogen) atoms. The summed E-state index contributed by atoms with van der Waals surface area (Å²) in [6, 6.07) is 5.90. The van der Waals surface area contributed by atoms with Gasteiger partial charge in [0.2, 0.25) is 0 Å². The van der Waals surface area contributed by atoms with Crippen molar-refractivity contribution in [2.24, 2.45) is 0 Å². The van der Waals surface area contributed by atoms with Gasteiger partial charge in [-0.15, -0.1) is 12.6 Å². The van der Waals surface area contributed by atoms with E-state index in [1.807, 2.05) is 19.1 Å². The lowest BCUT2D eigenvalue weighted by Crippen LogP contribution is -2.03. The second-order valence-electron chi connectivity index (χ2n) is 4.89. The molecule has 0 unspecified atom stereocenters. The molecule has 2 heterocycles. The number of fused-ring (bicyclic) bond motifs is 1. The number of thiophene rings is 1. The number of hydrogen-bond acceptors (Lipinski definition) is 6. The first-order valence-electron chi connectivity index (χ1n) is 6.74. The summed E-state index contributed by atoms with van der Waals surface area (Å²) < 4.78 is 6.00. The van der Waals surface area contributed by atoms with Gasteiger partial charge < -0.3 is 10.1 Å². The second kappa shape index (κ2) is 5.95. The van der Waals surface area contributed by atoms with E-state index in [4.69, 9.17) is 10.1 Å². The number of allylic oxidation sites excluding steroid dienone is 1. The number of hydrogen-bond donors (Lipinski definition) is 2. The van der Waals surface area contributed by atoms with Crippen molar-refractivity contribution in [1.82, 2.24) is 4.98 Å². The van der Waals surface area contributed by atoms with Crippen molar-refractivity contribution >= 4 is 35.1 Å². The van der Waals surface area contributed by atoms with Crippen molar-refractivity contribution in [3.63, 3.8) is 0 Å². The second-order valence-corrected chi connectivity index (χ2v) is 6.32. The normalized spacial score (nSPS) is 13.5. The fourth-order valence-electron chi connectivity index (χ4n) is 2.44. The molecule has 6 heteroatoms. The molecule has 0 aliphatic heterocycles. The molecule has 0 bridgehead atoms. The Labute approximate surface area is 138 Å². The van der Waals surface area contributed by atoms with E-state index in [0.29, 0.717) is 15.7 Å². The minimum atomic E-state index is 0.645. The molecule has 0 aromatic carbocycles. The summed E-state index contributed by atoms with van der Waals surface area (Å²) in [6.07, 6.45) is 4.50. The average Bonchev–Trinajstić information content (AvgIpc) is 2.88. The number of nitriles is 1. The topological polar surface area (TPSA) is 69.8 Å². The number of ether oxygens (including phenoxy) is 1. The first kappa shape index (κ1) is 14.8. The summed E-state index contributed by atoms with van der Waals surface area (Å²) in [5.41, 5.74) is 3.47. The number of aryl methyl sites for hydroxylation is 1. The van der Waals surface area contributed by atoms with Gasteiger partial charge in [0.25, 0.3) is 0 Å². The highest BCUT2D eigenvalue weighted by molar-refractivity contribution is 7.90. The van der Waals surface area contributed by atoms with Gasteiger partial charge in [-0.25, -0.2) is 0 Å². The van der Waals surface area contributed by atoms with Crippen molar-refractivity contribution in [2.45, 2.75) is 19.8 Å². The molecule has 2 aromatic heterocycles. The van der Waals surface area contributed by atoms with E-state index in [9.17, 15) is 5.26 Å². The highest BCUT2D eigenvalue weighted by Gasteiger charge is 2.26. The lowest BCUT2D eigenvalue weighted by molar-refractivity contribution is 0.487. The van der Waals surface area contributed by atoms with Gasteiger partial charge in [0.1, 0.15) is 16.7 Å². The maximum Gasteiger partial charge on any atom is 0.190 e. The van der Waals surface area contributed by atoms with Crippen LogP contribution in [-0.2, 0) is 6.42 Å². The average molecular weight is 327 g/mol. The van der Waals surface area contributed by atoms with Crippen molar-refractivity contribution in [3.8, 4) is 16.9 Å². The fourth-order valence-corrected chi connectivity index (χ4v) is 3.94. The molecular formula is C16H13N3OS2. The van der Waals surface area contributed by atoms with E-state index >= 15 is 0 Å². The SMILES string of the molecule is Cc1ncccc1Oc1sc(C#N)c2c1C(S)=C(C=N)CC2. The van der Waals surface area contributed by atoms with E-state index in [-0.39, 0.29) is 0 Å². The van der Waals surface area contributed by atoms with Crippen LogP contribution in [0.5, 0.6) is 10.8 Å². The van der Waals surface area contributed by atoms with Gasteiger partial charge in [0, 0.05) is 22.9 Å². The van der Waals surface area contributed by atoms with Gasteiger partial charge >= 0.3 is 0 Å². The molecule has 1 aliphatic rings. The predicted octanol–water partition coefficient (Wildman–Crippen LogP) is 4.35. The number of pyridine rings is 1. The molecule has 0 saturated carbocycles. The summed E-state index contributed by atoms with van der Waals surface area (Å²) in [6.45, 7) is 1.88. The van der Waals surface area contributed by atoms with Crippen LogP contribution in [0.1, 0.15) is 28.1 Å². The van der Waals surface area contributed by atoms with Crippen LogP contribution in [0.2, 0.25) is 0 Å². The highest BCUT2D eigenvalue weighted by atomic mass is 32.1. The standard InChI is InChI=1S/C16H13N3OS2/c1-9-12(3-2-6-19-9)20-16-14-11(13(8-18)22-16)5-4-10(7-17)15(14)21/h2-3,6-7,17,21H,4-5H2,1H3. The molecule has 0 amide bonds. The molecule has 1 N–H and O–H groups in total. The quantitative estimate of drug-likeness (QED) is 0.650. The smallest absolute Gasteiger partial charge is 0.190 e. The van der Waals surface area contributed by atoms with Crippen molar-refractivity contribution in [2.75, 3.05) is 0 Å². The van der Waals surface area contributed by atoms with Gasteiger partial charge in [-0.05, 0) is 43.0 Å². The molecule has 0 spiro atoms. The molecule has 0 atom stereocenters. The fraction of sp³-hybridized carbons (Fsp3) is 0.188. The van der Waals surface area contributed by atoms with Crippen LogP contribution in [0.3, 0.4) is 0 Å². The van der Waals surface area contributed by atoms with Crippen LogP contribution in [0.25, 0.3) is 4.91 Å². The zero-order chi connectivity index (χ0) is 15.7. The summed E-state index contributed by atoms with van der Waals surface area (Å²) >= 11 is 5.89. The van der Waals surface area contributed by atoms with E-state index in [2.05, 4.69) is 23.7 Å². The van der Waals surface area contributed by atoms with Gasteiger partial charge in [-0.2, -0.15) is 5.26 Å². The highest BCUT2D eigenvalue weighted by Crippen LogP contribution is 2.47. The summed E-state index contributed by atoms with van der Waals surface area (Å²) in [5, 5.41) is 17.5. The Bertz CT molecular complexity index is 830. The van der Waals surface area contributed by atoms with Crippen molar-refractivity contribution in [3.05, 3.63) is 45.6 Å². The molecule has 0 fully saturated rings. The molecule has 0 radical (unpaired) electrons. The maximum atomic E-state index is 9.34. The third-order valence-electron chi connectivity index (χ3n) is 3.60. The van der Waals surface area contributed by atoms with Crippen molar-refractivity contribution < 1.29 is 4.74 Å². The minimum Gasteiger partial charge on any atom is -0.444 e. The van der Waals surface area contributed by atoms with Crippen LogP contribution in [0.15, 0.2) is 23.9 Å². The molecule has 1 aliphatic carbocycles. The Hall–Kier alpha value is -2.10. The monoisotopic (exact) mass is 327 g/mol. The zero-order valence-electron chi connectivity index (χ0n) is 11.9. The van der Waals surface area contributed by atoms with E-state index < -0.39 is 0 Å². The molecule has 4 nitrogen and oxygen atoms in total. The van der Waals surface area contributed by atoms with Crippen LogP contribution in [0.4, 0.5) is 0 Å². The first-order chi connectivity index (χ1) is 10.7. The van der Waals surface area contributed by atoms with Gasteiger partial charge in [0.15, 0.2) is 5.06 Å². The van der Waals surface area contributed by atoms with Gasteiger partial charge in [0.05, 0.1) is 5.69 Å². The lowest BCUT2D eigenvalue weighted by atomic mass is 9.94. The minimum absolute atomic E-state index is 0.645. The summed E-state index contributed by atoms with van der Waals surface area (Å²) in [7, 11) is 0. The van der Waals surface area contributed by atoms with Gasteiger partial charge in [-0.3, -0.25) is 4.98 Å². The Balaban J connectivity index is 2.13. The third kappa shape index (κ3) is 2.43. The number of rotatable bonds is 3.